The van der Waals surface area contributed by atoms with E-state index >= 15 is 0 Å². The molecule has 2 nitrogen and oxygen atoms in total. The maximum Gasteiger partial charge on any atom is 0.251 e. The van der Waals surface area contributed by atoms with Gasteiger partial charge in [-0.3, -0.25) is 4.79 Å². The lowest BCUT2D eigenvalue weighted by molar-refractivity contribution is 0.0921. The normalized spacial score (nSPS) is 17.8. The molecule has 0 saturated heterocycles. The number of carbonyl (C=O) groups excluding carboxylic acids is 1. The van der Waals surface area contributed by atoms with Crippen LogP contribution in [-0.4, -0.2) is 18.3 Å². The summed E-state index contributed by atoms with van der Waals surface area (Å²) in [7, 11) is 0. The number of carbonyl (C=O) groups is 1. The topological polar surface area (TPSA) is 29.1 Å². The summed E-state index contributed by atoms with van der Waals surface area (Å²) in [4.78, 5) is 12.2. The van der Waals surface area contributed by atoms with E-state index in [1.807, 2.05) is 25.1 Å². The Balaban J connectivity index is 1.98. The van der Waals surface area contributed by atoms with E-state index in [2.05, 4.69) is 21.2 Å². The maximum atomic E-state index is 12.2. The third-order valence-electron chi connectivity index (χ3n) is 4.24. The van der Waals surface area contributed by atoms with Crippen LogP contribution in [0.1, 0.15) is 48.0 Å². The Morgan fingerprint density at radius 1 is 1.35 bits per heavy atom. The second-order valence-corrected chi connectivity index (χ2v) is 6.96. The number of alkyl halides is 1. The second kappa shape index (κ2) is 6.95. The van der Waals surface area contributed by atoms with Crippen LogP contribution < -0.4 is 5.32 Å². The Labute approximate surface area is 134 Å². The molecule has 0 spiro atoms. The van der Waals surface area contributed by atoms with Crippen molar-refractivity contribution in [2.75, 3.05) is 12.4 Å². The van der Waals surface area contributed by atoms with Crippen molar-refractivity contribution in [2.45, 2.75) is 39.0 Å². The van der Waals surface area contributed by atoms with E-state index in [0.29, 0.717) is 18.0 Å². The quantitative estimate of drug-likeness (QED) is 0.778. The van der Waals surface area contributed by atoms with Gasteiger partial charge < -0.3 is 5.32 Å². The van der Waals surface area contributed by atoms with E-state index in [9.17, 15) is 4.79 Å². The zero-order chi connectivity index (χ0) is 14.6. The fourth-order valence-corrected chi connectivity index (χ4v) is 3.42. The first kappa shape index (κ1) is 15.8. The van der Waals surface area contributed by atoms with Crippen molar-refractivity contribution in [1.29, 1.82) is 0 Å². The minimum absolute atomic E-state index is 0.00401. The molecule has 0 radical (unpaired) electrons. The molecule has 0 bridgehead atoms. The van der Waals surface area contributed by atoms with Crippen LogP contribution >= 0.6 is 27.5 Å². The summed E-state index contributed by atoms with van der Waals surface area (Å²) in [5, 5.41) is 3.07. The van der Waals surface area contributed by atoms with Crippen LogP contribution in [0.2, 0.25) is 0 Å². The number of aryl methyl sites for hydroxylation is 1. The van der Waals surface area contributed by atoms with E-state index in [1.165, 1.54) is 19.3 Å². The molecule has 1 aliphatic rings. The molecule has 1 saturated carbocycles. The zero-order valence-electron chi connectivity index (χ0n) is 11.8. The van der Waals surface area contributed by atoms with Crippen molar-refractivity contribution in [3.63, 3.8) is 0 Å². The molecule has 1 aliphatic carbocycles. The van der Waals surface area contributed by atoms with Crippen LogP contribution in [0, 0.1) is 12.3 Å². The van der Waals surface area contributed by atoms with E-state index in [1.54, 1.807) is 0 Å². The largest absolute Gasteiger partial charge is 0.351 e. The van der Waals surface area contributed by atoms with Crippen molar-refractivity contribution in [2.24, 2.45) is 5.41 Å². The molecule has 20 heavy (non-hydrogen) atoms. The Hall–Kier alpha value is -0.540. The molecule has 1 aromatic carbocycles. The van der Waals surface area contributed by atoms with Gasteiger partial charge in [0.1, 0.15) is 0 Å². The van der Waals surface area contributed by atoms with Crippen LogP contribution in [0.15, 0.2) is 22.7 Å². The lowest BCUT2D eigenvalue weighted by Gasteiger charge is -2.35. The highest BCUT2D eigenvalue weighted by molar-refractivity contribution is 9.10. The minimum atomic E-state index is -0.00401. The summed E-state index contributed by atoms with van der Waals surface area (Å²) in [6.45, 7) is 2.67. The minimum Gasteiger partial charge on any atom is -0.351 e. The van der Waals surface area contributed by atoms with Gasteiger partial charge in [0.05, 0.1) is 0 Å². The Morgan fingerprint density at radius 3 is 2.65 bits per heavy atom. The molecule has 1 N–H and O–H groups in total. The van der Waals surface area contributed by atoms with Gasteiger partial charge in [-0.05, 0) is 43.5 Å². The number of halogens is 2. The first-order chi connectivity index (χ1) is 9.56. The Kier molecular flexibility index (Phi) is 5.50. The SMILES string of the molecule is Cc1cc(C(=O)NCC2(CCl)CCCCC2)ccc1Br. The van der Waals surface area contributed by atoms with Crippen LogP contribution in [0.3, 0.4) is 0 Å². The number of amides is 1. The highest BCUT2D eigenvalue weighted by Crippen LogP contribution is 2.36. The number of benzene rings is 1. The monoisotopic (exact) mass is 357 g/mol. The average Bonchev–Trinajstić information content (AvgIpc) is 2.48. The molecular formula is C16H21BrClNO. The maximum absolute atomic E-state index is 12.2. The van der Waals surface area contributed by atoms with Crippen molar-refractivity contribution < 1.29 is 4.79 Å². The van der Waals surface area contributed by atoms with E-state index in [4.69, 9.17) is 11.6 Å². The third-order valence-corrected chi connectivity index (χ3v) is 5.70. The van der Waals surface area contributed by atoms with Gasteiger partial charge in [0.2, 0.25) is 0 Å². The van der Waals surface area contributed by atoms with Crippen LogP contribution in [0.5, 0.6) is 0 Å². The zero-order valence-corrected chi connectivity index (χ0v) is 14.2. The summed E-state index contributed by atoms with van der Waals surface area (Å²) in [6.07, 6.45) is 5.98. The van der Waals surface area contributed by atoms with Gasteiger partial charge in [0.25, 0.3) is 5.91 Å². The van der Waals surface area contributed by atoms with Gasteiger partial charge in [0.15, 0.2) is 0 Å². The Morgan fingerprint density at radius 2 is 2.05 bits per heavy atom. The molecule has 0 heterocycles. The average molecular weight is 359 g/mol. The van der Waals surface area contributed by atoms with Crippen molar-refractivity contribution in [3.8, 4) is 0 Å². The van der Waals surface area contributed by atoms with Crippen LogP contribution in [0.4, 0.5) is 0 Å². The van der Waals surface area contributed by atoms with Gasteiger partial charge in [-0.15, -0.1) is 11.6 Å². The summed E-state index contributed by atoms with van der Waals surface area (Å²) in [6, 6.07) is 5.68. The van der Waals surface area contributed by atoms with Gasteiger partial charge in [-0.2, -0.15) is 0 Å². The number of rotatable bonds is 4. The summed E-state index contributed by atoms with van der Waals surface area (Å²) >= 11 is 9.61. The fourth-order valence-electron chi connectivity index (χ4n) is 2.82. The lowest BCUT2D eigenvalue weighted by atomic mass is 9.75. The highest BCUT2D eigenvalue weighted by Gasteiger charge is 2.31. The Bertz CT molecular complexity index is 483. The number of hydrogen-bond acceptors (Lipinski definition) is 1. The van der Waals surface area contributed by atoms with Crippen LogP contribution in [-0.2, 0) is 0 Å². The highest BCUT2D eigenvalue weighted by atomic mass is 79.9. The third kappa shape index (κ3) is 3.76. The van der Waals surface area contributed by atoms with E-state index < -0.39 is 0 Å². The molecule has 4 heteroatoms. The molecule has 0 atom stereocenters. The predicted octanol–water partition coefficient (Wildman–Crippen LogP) is 4.68. The van der Waals surface area contributed by atoms with Crippen molar-refractivity contribution in [3.05, 3.63) is 33.8 Å². The van der Waals surface area contributed by atoms with Gasteiger partial charge in [-0.25, -0.2) is 0 Å². The molecule has 2 rings (SSSR count). The number of nitrogens with one attached hydrogen (secondary N) is 1. The van der Waals surface area contributed by atoms with Crippen molar-refractivity contribution in [1.82, 2.24) is 5.32 Å². The standard InChI is InChI=1S/C16H21BrClNO/c1-12-9-13(5-6-14(12)17)15(20)19-11-16(10-18)7-3-2-4-8-16/h5-6,9H,2-4,7-8,10-11H2,1H3,(H,19,20). The molecule has 1 aromatic rings. The first-order valence-electron chi connectivity index (χ1n) is 7.17. The van der Waals surface area contributed by atoms with Gasteiger partial charge >= 0.3 is 0 Å². The van der Waals surface area contributed by atoms with Crippen molar-refractivity contribution >= 4 is 33.4 Å². The molecule has 110 valence electrons. The predicted molar refractivity (Wildman–Crippen MR) is 87.5 cm³/mol. The molecule has 0 aliphatic heterocycles. The van der Waals surface area contributed by atoms with Crippen LogP contribution in [0.25, 0.3) is 0 Å². The molecule has 0 aromatic heterocycles. The smallest absolute Gasteiger partial charge is 0.251 e. The molecular weight excluding hydrogens is 338 g/mol. The fraction of sp³-hybridized carbons (Fsp3) is 0.562. The van der Waals surface area contributed by atoms with E-state index in [0.717, 1.165) is 22.9 Å². The molecule has 0 unspecified atom stereocenters. The summed E-state index contributed by atoms with van der Waals surface area (Å²) in [5.41, 5.74) is 1.88. The van der Waals surface area contributed by atoms with Gasteiger partial charge in [-0.1, -0.05) is 35.2 Å². The molecule has 1 fully saturated rings. The molecule has 1 amide bonds. The lowest BCUT2D eigenvalue weighted by Crippen LogP contribution is -2.40. The van der Waals surface area contributed by atoms with Gasteiger partial charge in [0, 0.05) is 27.9 Å². The first-order valence-corrected chi connectivity index (χ1v) is 8.49. The second-order valence-electron chi connectivity index (χ2n) is 5.84. The summed E-state index contributed by atoms with van der Waals surface area (Å²) < 4.78 is 1.03. The summed E-state index contributed by atoms with van der Waals surface area (Å²) in [5.74, 6) is 0.628. The number of hydrogen-bond donors (Lipinski definition) is 1. The van der Waals surface area contributed by atoms with E-state index in [-0.39, 0.29) is 11.3 Å².